The van der Waals surface area contributed by atoms with Gasteiger partial charge in [-0.05, 0) is 56.2 Å². The topological polar surface area (TPSA) is 123 Å². The number of carbonyl (C=O) groups is 2. The Balaban J connectivity index is 1.77. The number of hydrogen-bond donors (Lipinski definition) is 3. The number of hydrogen-bond acceptors (Lipinski definition) is 7. The van der Waals surface area contributed by atoms with E-state index in [2.05, 4.69) is 11.9 Å². The first kappa shape index (κ1) is 32.7. The fourth-order valence-corrected chi connectivity index (χ4v) is 4.62. The third kappa shape index (κ3) is 9.61. The van der Waals surface area contributed by atoms with Gasteiger partial charge in [-0.25, -0.2) is 14.0 Å². The molecule has 42 heavy (non-hydrogen) atoms. The van der Waals surface area contributed by atoms with Gasteiger partial charge in [-0.3, -0.25) is 4.90 Å². The van der Waals surface area contributed by atoms with E-state index in [1.54, 1.807) is 37.0 Å². The Kier molecular flexibility index (Phi) is 12.4. The van der Waals surface area contributed by atoms with E-state index in [0.29, 0.717) is 23.7 Å². The number of ether oxygens (including phenoxy) is 3. The number of halogens is 2. The van der Waals surface area contributed by atoms with Crippen molar-refractivity contribution in [2.75, 3.05) is 26.3 Å². The third-order valence-corrected chi connectivity index (χ3v) is 6.84. The Morgan fingerprint density at radius 2 is 2.02 bits per heavy atom. The second-order valence-electron chi connectivity index (χ2n) is 9.62. The number of nitrogens with zero attached hydrogens (tertiary/aromatic N) is 1. The summed E-state index contributed by atoms with van der Waals surface area (Å²) in [4.78, 5) is 26.2. The molecule has 0 radical (unpaired) electrons. The minimum Gasteiger partial charge on any atom is -0.491 e. The van der Waals surface area contributed by atoms with Crippen LogP contribution in [0.2, 0.25) is 0 Å². The van der Waals surface area contributed by atoms with Crippen molar-refractivity contribution in [1.29, 1.82) is 0 Å². The van der Waals surface area contributed by atoms with Crippen molar-refractivity contribution in [3.8, 4) is 5.75 Å². The highest BCUT2D eigenvalue weighted by Gasteiger charge is 2.32. The lowest BCUT2D eigenvalue weighted by atomic mass is 9.83. The molecule has 3 rings (SSSR count). The third-order valence-electron chi connectivity index (χ3n) is 6.59. The number of allylic oxidation sites excluding steroid dienone is 6. The molecule has 1 aromatic carbocycles. The van der Waals surface area contributed by atoms with Crippen molar-refractivity contribution in [3.63, 3.8) is 0 Å². The van der Waals surface area contributed by atoms with Gasteiger partial charge >= 0.3 is 12.2 Å². The van der Waals surface area contributed by atoms with E-state index < -0.39 is 30.2 Å². The predicted molar refractivity (Wildman–Crippen MR) is 159 cm³/mol. The van der Waals surface area contributed by atoms with Gasteiger partial charge in [0.25, 0.3) is 0 Å². The van der Waals surface area contributed by atoms with Gasteiger partial charge in [0.05, 0.1) is 19.2 Å². The standard InChI is InChI=1S/C31H37ClFN3O6/c1-4-24(33)10-6-20(3)42-31(39)36-15-14-22(27-17-23(32)9-13-28(27)34)16-29(36)21-7-11-26(12-8-21)41-19-25(37)18-35-30(38)40-5-2/h4,6-13,16-17,25,27-29,37H,3,5,14-15,18-19,34H2,1-2H3,(H,35,38)/b10-6-,24-4+/t25-,27?,28?,29+/m0/s1. The largest absolute Gasteiger partial charge is 0.491 e. The molecule has 2 amide bonds. The second kappa shape index (κ2) is 16.0. The molecule has 0 aromatic heterocycles. The monoisotopic (exact) mass is 601 g/mol. The van der Waals surface area contributed by atoms with Crippen molar-refractivity contribution < 1.29 is 33.3 Å². The summed E-state index contributed by atoms with van der Waals surface area (Å²) < 4.78 is 29.3. The summed E-state index contributed by atoms with van der Waals surface area (Å²) in [5.41, 5.74) is 8.17. The lowest BCUT2D eigenvalue weighted by Crippen LogP contribution is -2.40. The Bertz CT molecular complexity index is 1270. The molecule has 2 unspecified atom stereocenters. The van der Waals surface area contributed by atoms with Crippen LogP contribution in [0, 0.1) is 5.92 Å². The van der Waals surface area contributed by atoms with Gasteiger partial charge in [0.2, 0.25) is 0 Å². The van der Waals surface area contributed by atoms with Gasteiger partial charge in [0, 0.05) is 23.5 Å². The Morgan fingerprint density at radius 3 is 2.71 bits per heavy atom. The quantitative estimate of drug-likeness (QED) is 0.172. The van der Waals surface area contributed by atoms with Crippen molar-refractivity contribution in [2.24, 2.45) is 11.7 Å². The van der Waals surface area contributed by atoms with Crippen molar-refractivity contribution in [3.05, 3.63) is 101 Å². The van der Waals surface area contributed by atoms with Crippen LogP contribution in [-0.4, -0.2) is 60.6 Å². The van der Waals surface area contributed by atoms with Crippen molar-refractivity contribution in [2.45, 2.75) is 38.5 Å². The van der Waals surface area contributed by atoms with Crippen molar-refractivity contribution >= 4 is 23.8 Å². The maximum Gasteiger partial charge on any atom is 0.415 e. The Hall–Kier alpha value is -3.86. The summed E-state index contributed by atoms with van der Waals surface area (Å²) in [6.45, 7) is 7.43. The minimum absolute atomic E-state index is 0.000524. The molecule has 0 bridgehead atoms. The molecule has 0 spiro atoms. The van der Waals surface area contributed by atoms with Crippen LogP contribution in [0.25, 0.3) is 0 Å². The normalized spacial score (nSPS) is 21.3. The van der Waals surface area contributed by atoms with Crippen LogP contribution in [-0.2, 0) is 9.47 Å². The van der Waals surface area contributed by atoms with Crippen LogP contribution in [0.1, 0.15) is 31.9 Å². The summed E-state index contributed by atoms with van der Waals surface area (Å²) in [6, 6.07) is 6.29. The molecule has 1 aliphatic heterocycles. The van der Waals surface area contributed by atoms with E-state index in [0.717, 1.165) is 17.2 Å². The van der Waals surface area contributed by atoms with E-state index in [1.165, 1.54) is 12.2 Å². The molecule has 4 N–H and O–H groups in total. The summed E-state index contributed by atoms with van der Waals surface area (Å²) in [6.07, 6.45) is 9.60. The Labute approximate surface area is 250 Å². The Morgan fingerprint density at radius 1 is 1.29 bits per heavy atom. The van der Waals surface area contributed by atoms with Gasteiger partial charge in [-0.15, -0.1) is 0 Å². The van der Waals surface area contributed by atoms with Crippen LogP contribution < -0.4 is 15.8 Å². The summed E-state index contributed by atoms with van der Waals surface area (Å²) in [5.74, 6) is -0.122. The second-order valence-corrected chi connectivity index (χ2v) is 10.1. The fourth-order valence-electron chi connectivity index (χ4n) is 4.41. The predicted octanol–water partition coefficient (Wildman–Crippen LogP) is 5.56. The van der Waals surface area contributed by atoms with Crippen LogP contribution in [0.4, 0.5) is 14.0 Å². The zero-order chi connectivity index (χ0) is 30.6. The van der Waals surface area contributed by atoms with Gasteiger partial charge in [0.15, 0.2) is 0 Å². The van der Waals surface area contributed by atoms with Gasteiger partial charge < -0.3 is 30.4 Å². The summed E-state index contributed by atoms with van der Waals surface area (Å²) >= 11 is 6.27. The lowest BCUT2D eigenvalue weighted by molar-refractivity contribution is 0.0991. The molecule has 2 aliphatic rings. The number of nitrogens with one attached hydrogen (secondary N) is 1. The van der Waals surface area contributed by atoms with E-state index >= 15 is 0 Å². The highest BCUT2D eigenvalue weighted by atomic mass is 35.5. The number of carbonyl (C=O) groups excluding carboxylic acids is 2. The number of benzene rings is 1. The van der Waals surface area contributed by atoms with E-state index in [9.17, 15) is 19.1 Å². The summed E-state index contributed by atoms with van der Waals surface area (Å²) in [7, 11) is 0. The van der Waals surface area contributed by atoms with Crippen LogP contribution in [0.3, 0.4) is 0 Å². The van der Waals surface area contributed by atoms with Gasteiger partial charge in [0.1, 0.15) is 30.0 Å². The molecular weight excluding hydrogens is 565 g/mol. The molecule has 0 saturated carbocycles. The smallest absolute Gasteiger partial charge is 0.415 e. The molecule has 1 aliphatic carbocycles. The van der Waals surface area contributed by atoms with Crippen LogP contribution >= 0.6 is 11.6 Å². The first-order valence-corrected chi connectivity index (χ1v) is 14.0. The number of rotatable bonds is 11. The highest BCUT2D eigenvalue weighted by Crippen LogP contribution is 2.36. The molecule has 1 aromatic rings. The zero-order valence-corrected chi connectivity index (χ0v) is 24.4. The minimum atomic E-state index is -0.944. The lowest BCUT2D eigenvalue weighted by Gasteiger charge is -2.37. The maximum absolute atomic E-state index is 13.5. The molecule has 11 heteroatoms. The molecule has 1 heterocycles. The number of aliphatic hydroxyl groups is 1. The number of nitrogens with two attached hydrogens (primary N) is 1. The average molecular weight is 602 g/mol. The van der Waals surface area contributed by atoms with Gasteiger partial charge in [-0.1, -0.05) is 60.2 Å². The van der Waals surface area contributed by atoms with Crippen LogP contribution in [0.5, 0.6) is 5.75 Å². The highest BCUT2D eigenvalue weighted by molar-refractivity contribution is 6.31. The molecule has 4 atom stereocenters. The van der Waals surface area contributed by atoms with E-state index in [4.69, 9.17) is 31.5 Å². The van der Waals surface area contributed by atoms with Gasteiger partial charge in [-0.2, -0.15) is 0 Å². The van der Waals surface area contributed by atoms with E-state index in [-0.39, 0.29) is 37.5 Å². The SMILES string of the molecule is C=C(/C=C\C(F)=C/C)OC(=O)N1CCC(C2C=C(Cl)C=CC2N)=C[C@@H]1c1ccc(OC[C@@H](O)CNC(=O)OCC)cc1. The average Bonchev–Trinajstić information content (AvgIpc) is 2.99. The molecule has 0 fully saturated rings. The zero-order valence-electron chi connectivity index (χ0n) is 23.7. The van der Waals surface area contributed by atoms with E-state index in [1.807, 2.05) is 30.4 Å². The summed E-state index contributed by atoms with van der Waals surface area (Å²) in [5, 5.41) is 13.1. The number of alkyl carbamates (subject to hydrolysis) is 1. The first-order valence-electron chi connectivity index (χ1n) is 13.6. The maximum atomic E-state index is 13.5. The number of amides is 2. The first-order chi connectivity index (χ1) is 20.1. The molecule has 9 nitrogen and oxygen atoms in total. The van der Waals surface area contributed by atoms with Crippen molar-refractivity contribution in [1.82, 2.24) is 10.2 Å². The fraction of sp³-hybridized carbons (Fsp3) is 0.355. The van der Waals surface area contributed by atoms with Crippen LogP contribution in [0.15, 0.2) is 95.6 Å². The molecular formula is C31H37ClFN3O6. The number of aliphatic hydroxyl groups excluding tert-OH is 1. The molecule has 0 saturated heterocycles. The molecule has 226 valence electrons.